The fourth-order valence-electron chi connectivity index (χ4n) is 5.64. The van der Waals surface area contributed by atoms with Crippen molar-refractivity contribution in [2.75, 3.05) is 0 Å². The van der Waals surface area contributed by atoms with E-state index in [1.807, 2.05) is 0 Å². The van der Waals surface area contributed by atoms with Gasteiger partial charge in [0.1, 0.15) is 0 Å². The van der Waals surface area contributed by atoms with Gasteiger partial charge in [0.05, 0.1) is 0 Å². The quantitative estimate of drug-likeness (QED) is 0.318. The summed E-state index contributed by atoms with van der Waals surface area (Å²) in [5.74, 6) is 0. The Morgan fingerprint density at radius 2 is 1.06 bits per heavy atom. The fraction of sp³-hybridized carbons (Fsp3) is 0.226. The SMILES string of the molecule is CC1(C)c2cc(-c3ccccc3)ccc2-c2ccc(-c3ccc4c(c3)CCCC4)cc21. The summed E-state index contributed by atoms with van der Waals surface area (Å²) in [6.45, 7) is 4.76. The predicted molar refractivity (Wildman–Crippen MR) is 132 cm³/mol. The third-order valence-electron chi connectivity index (χ3n) is 7.46. The Balaban J connectivity index is 1.44. The first kappa shape index (κ1) is 18.6. The number of hydrogen-bond donors (Lipinski definition) is 0. The molecule has 0 unspecified atom stereocenters. The van der Waals surface area contributed by atoms with Gasteiger partial charge in [-0.15, -0.1) is 0 Å². The molecule has 0 aromatic heterocycles. The number of aryl methyl sites for hydroxylation is 2. The van der Waals surface area contributed by atoms with E-state index in [9.17, 15) is 0 Å². The van der Waals surface area contributed by atoms with E-state index >= 15 is 0 Å². The average molecular weight is 401 g/mol. The summed E-state index contributed by atoms with van der Waals surface area (Å²) in [4.78, 5) is 0. The number of hydrogen-bond acceptors (Lipinski definition) is 0. The molecule has 2 aliphatic rings. The number of fused-ring (bicyclic) bond motifs is 4. The Labute approximate surface area is 185 Å². The van der Waals surface area contributed by atoms with Crippen molar-refractivity contribution < 1.29 is 0 Å². The van der Waals surface area contributed by atoms with Crippen molar-refractivity contribution >= 4 is 0 Å². The van der Waals surface area contributed by atoms with Gasteiger partial charge in [0.2, 0.25) is 0 Å². The summed E-state index contributed by atoms with van der Waals surface area (Å²) in [5.41, 5.74) is 14.1. The van der Waals surface area contributed by atoms with Gasteiger partial charge in [0.25, 0.3) is 0 Å². The van der Waals surface area contributed by atoms with Crippen LogP contribution in [0.25, 0.3) is 33.4 Å². The van der Waals surface area contributed by atoms with E-state index in [1.54, 1.807) is 11.1 Å². The Morgan fingerprint density at radius 3 is 1.74 bits per heavy atom. The molecule has 0 bridgehead atoms. The maximum Gasteiger partial charge on any atom is 0.0159 e. The second kappa shape index (κ2) is 6.95. The molecule has 0 heterocycles. The van der Waals surface area contributed by atoms with Gasteiger partial charge in [-0.2, -0.15) is 0 Å². The van der Waals surface area contributed by atoms with E-state index in [4.69, 9.17) is 0 Å². The third kappa shape index (κ3) is 2.97. The minimum atomic E-state index is -0.000323. The second-order valence-electron chi connectivity index (χ2n) is 9.70. The van der Waals surface area contributed by atoms with Crippen LogP contribution in [0, 0.1) is 0 Å². The number of benzene rings is 4. The van der Waals surface area contributed by atoms with Crippen LogP contribution in [0.5, 0.6) is 0 Å². The van der Waals surface area contributed by atoms with Crippen molar-refractivity contribution in [1.82, 2.24) is 0 Å². The Kier molecular flexibility index (Phi) is 4.18. The monoisotopic (exact) mass is 400 g/mol. The minimum absolute atomic E-state index is 0.000323. The first-order chi connectivity index (χ1) is 15.1. The lowest BCUT2D eigenvalue weighted by molar-refractivity contribution is 0.661. The second-order valence-corrected chi connectivity index (χ2v) is 9.70. The van der Waals surface area contributed by atoms with Gasteiger partial charge in [0, 0.05) is 5.41 Å². The van der Waals surface area contributed by atoms with E-state index in [2.05, 4.69) is 98.8 Å². The van der Waals surface area contributed by atoms with Crippen LogP contribution in [0.3, 0.4) is 0 Å². The molecule has 0 amide bonds. The molecule has 2 aliphatic carbocycles. The zero-order chi connectivity index (χ0) is 21.0. The van der Waals surface area contributed by atoms with Gasteiger partial charge in [0.15, 0.2) is 0 Å². The summed E-state index contributed by atoms with van der Waals surface area (Å²) >= 11 is 0. The normalized spacial score (nSPS) is 15.8. The van der Waals surface area contributed by atoms with Crippen LogP contribution in [-0.4, -0.2) is 0 Å². The summed E-state index contributed by atoms with van der Waals surface area (Å²) in [6.07, 6.45) is 5.13. The molecule has 152 valence electrons. The molecule has 4 aromatic carbocycles. The van der Waals surface area contributed by atoms with Crippen molar-refractivity contribution in [3.63, 3.8) is 0 Å². The summed E-state index contributed by atoms with van der Waals surface area (Å²) in [7, 11) is 0. The summed E-state index contributed by atoms with van der Waals surface area (Å²) < 4.78 is 0. The molecule has 0 saturated heterocycles. The average Bonchev–Trinajstić information content (AvgIpc) is 3.05. The Hall–Kier alpha value is -3.12. The number of rotatable bonds is 2. The van der Waals surface area contributed by atoms with Crippen LogP contribution >= 0.6 is 0 Å². The minimum Gasteiger partial charge on any atom is -0.0622 e. The maximum absolute atomic E-state index is 2.45. The molecular weight excluding hydrogens is 372 g/mol. The predicted octanol–water partition coefficient (Wildman–Crippen LogP) is 8.21. The molecule has 0 heteroatoms. The Morgan fingerprint density at radius 1 is 0.516 bits per heavy atom. The highest BCUT2D eigenvalue weighted by Crippen LogP contribution is 2.50. The third-order valence-corrected chi connectivity index (χ3v) is 7.46. The zero-order valence-electron chi connectivity index (χ0n) is 18.4. The van der Waals surface area contributed by atoms with Crippen LogP contribution in [-0.2, 0) is 18.3 Å². The molecule has 0 nitrogen and oxygen atoms in total. The van der Waals surface area contributed by atoms with Crippen LogP contribution < -0.4 is 0 Å². The standard InChI is InChI=1S/C31H28/c1-31(2)29-19-25(21-8-4-3-5-9-21)14-16-27(29)28-17-15-26(20-30(28)31)24-13-12-22-10-6-7-11-23(22)18-24/h3-5,8-9,12-20H,6-7,10-11H2,1-2H3. The maximum atomic E-state index is 2.45. The van der Waals surface area contributed by atoms with E-state index in [0.717, 1.165) is 0 Å². The van der Waals surface area contributed by atoms with E-state index in [0.29, 0.717) is 0 Å². The zero-order valence-corrected chi connectivity index (χ0v) is 18.4. The summed E-state index contributed by atoms with van der Waals surface area (Å²) in [5, 5.41) is 0. The highest BCUT2D eigenvalue weighted by molar-refractivity contribution is 5.85. The molecule has 0 atom stereocenters. The topological polar surface area (TPSA) is 0 Å². The van der Waals surface area contributed by atoms with Gasteiger partial charge >= 0.3 is 0 Å². The molecule has 31 heavy (non-hydrogen) atoms. The van der Waals surface area contributed by atoms with Crippen molar-refractivity contribution in [1.29, 1.82) is 0 Å². The first-order valence-electron chi connectivity index (χ1n) is 11.6. The molecule has 0 N–H and O–H groups in total. The highest BCUT2D eigenvalue weighted by Gasteiger charge is 2.35. The van der Waals surface area contributed by atoms with Crippen LogP contribution in [0.1, 0.15) is 48.9 Å². The van der Waals surface area contributed by atoms with Gasteiger partial charge in [-0.1, -0.05) is 86.6 Å². The van der Waals surface area contributed by atoms with Crippen LogP contribution in [0.15, 0.2) is 84.9 Å². The van der Waals surface area contributed by atoms with Crippen LogP contribution in [0.4, 0.5) is 0 Å². The summed E-state index contributed by atoms with van der Waals surface area (Å²) in [6, 6.07) is 32.0. The molecule has 4 aromatic rings. The molecular formula is C31H28. The molecule has 0 saturated carbocycles. The smallest absolute Gasteiger partial charge is 0.0159 e. The lowest BCUT2D eigenvalue weighted by Crippen LogP contribution is -2.15. The van der Waals surface area contributed by atoms with E-state index in [1.165, 1.54) is 70.2 Å². The lowest BCUT2D eigenvalue weighted by atomic mass is 9.80. The van der Waals surface area contributed by atoms with Gasteiger partial charge in [-0.25, -0.2) is 0 Å². The largest absolute Gasteiger partial charge is 0.0622 e. The van der Waals surface area contributed by atoms with Gasteiger partial charge in [-0.3, -0.25) is 0 Å². The van der Waals surface area contributed by atoms with E-state index in [-0.39, 0.29) is 5.41 Å². The highest BCUT2D eigenvalue weighted by atomic mass is 14.4. The first-order valence-corrected chi connectivity index (χ1v) is 11.6. The van der Waals surface area contributed by atoms with Crippen molar-refractivity contribution in [3.8, 4) is 33.4 Å². The molecule has 6 rings (SSSR count). The molecule has 0 aliphatic heterocycles. The van der Waals surface area contributed by atoms with Gasteiger partial charge < -0.3 is 0 Å². The van der Waals surface area contributed by atoms with E-state index < -0.39 is 0 Å². The van der Waals surface area contributed by atoms with Crippen LogP contribution in [0.2, 0.25) is 0 Å². The molecule has 0 fully saturated rings. The fourth-order valence-corrected chi connectivity index (χ4v) is 5.64. The molecule has 0 spiro atoms. The lowest BCUT2D eigenvalue weighted by Gasteiger charge is -2.23. The van der Waals surface area contributed by atoms with Crippen molar-refractivity contribution in [3.05, 3.63) is 107 Å². The van der Waals surface area contributed by atoms with Crippen molar-refractivity contribution in [2.45, 2.75) is 44.9 Å². The molecule has 0 radical (unpaired) electrons. The Bertz CT molecular complexity index is 1290. The van der Waals surface area contributed by atoms with Gasteiger partial charge in [-0.05, 0) is 93.5 Å². The van der Waals surface area contributed by atoms with Crippen molar-refractivity contribution in [2.24, 2.45) is 0 Å².